The average molecular weight is 303 g/mol. The molecule has 0 bridgehead atoms. The Bertz CT molecular complexity index is 344. The van der Waals surface area contributed by atoms with Gasteiger partial charge in [0.2, 0.25) is 0 Å². The highest BCUT2D eigenvalue weighted by molar-refractivity contribution is 9.10. The molecule has 2 atom stereocenters. The van der Waals surface area contributed by atoms with Crippen molar-refractivity contribution >= 4 is 27.3 Å². The summed E-state index contributed by atoms with van der Waals surface area (Å²) in [5.41, 5.74) is 5.75. The summed E-state index contributed by atoms with van der Waals surface area (Å²) < 4.78 is 1.25. The van der Waals surface area contributed by atoms with Crippen molar-refractivity contribution in [1.82, 2.24) is 4.90 Å². The van der Waals surface area contributed by atoms with Gasteiger partial charge in [0.05, 0.1) is 0 Å². The van der Waals surface area contributed by atoms with Crippen molar-refractivity contribution < 1.29 is 0 Å². The van der Waals surface area contributed by atoms with Crippen molar-refractivity contribution in [3.8, 4) is 0 Å². The summed E-state index contributed by atoms with van der Waals surface area (Å²) in [4.78, 5) is 5.38. The molecule has 1 aliphatic rings. The highest BCUT2D eigenvalue weighted by Crippen LogP contribution is 2.30. The van der Waals surface area contributed by atoms with E-state index in [0.29, 0.717) is 12.0 Å². The smallest absolute Gasteiger partial charge is 0.0331 e. The lowest BCUT2D eigenvalue weighted by atomic mass is 10.1. The molecule has 0 aromatic carbocycles. The van der Waals surface area contributed by atoms with Crippen molar-refractivity contribution in [2.75, 3.05) is 13.1 Å². The number of rotatable bonds is 3. The molecule has 1 aromatic rings. The van der Waals surface area contributed by atoms with Crippen LogP contribution in [-0.2, 0) is 6.54 Å². The maximum absolute atomic E-state index is 5.75. The second kappa shape index (κ2) is 5.17. The van der Waals surface area contributed by atoms with Crippen molar-refractivity contribution in [2.45, 2.75) is 32.9 Å². The molecular formula is C12H19BrN2S. The Morgan fingerprint density at radius 2 is 2.38 bits per heavy atom. The summed E-state index contributed by atoms with van der Waals surface area (Å²) in [6, 6.07) is 2.93. The molecule has 2 unspecified atom stereocenters. The lowest BCUT2D eigenvalue weighted by Crippen LogP contribution is -2.26. The Kier molecular flexibility index (Phi) is 4.06. The molecule has 0 aliphatic carbocycles. The molecule has 0 radical (unpaired) electrons. The van der Waals surface area contributed by atoms with Crippen molar-refractivity contribution in [3.05, 3.63) is 20.3 Å². The van der Waals surface area contributed by atoms with E-state index in [4.69, 9.17) is 5.73 Å². The molecule has 16 heavy (non-hydrogen) atoms. The maximum atomic E-state index is 5.75. The van der Waals surface area contributed by atoms with Crippen molar-refractivity contribution in [3.63, 3.8) is 0 Å². The third-order valence-corrected chi connectivity index (χ3v) is 5.51. The number of hydrogen-bond donors (Lipinski definition) is 1. The number of halogens is 1. The van der Waals surface area contributed by atoms with Gasteiger partial charge in [0.25, 0.3) is 0 Å². The van der Waals surface area contributed by atoms with Crippen LogP contribution in [0.25, 0.3) is 0 Å². The molecule has 2 N–H and O–H groups in total. The fraction of sp³-hybridized carbons (Fsp3) is 0.667. The first-order valence-corrected chi connectivity index (χ1v) is 7.40. The minimum absolute atomic E-state index is 0.676. The molecule has 90 valence electrons. The summed E-state index contributed by atoms with van der Waals surface area (Å²) in [5.74, 6) is 0.694. The van der Waals surface area contributed by atoms with Gasteiger partial charge in [0.15, 0.2) is 0 Å². The summed E-state index contributed by atoms with van der Waals surface area (Å²) in [6.07, 6.45) is 1.25. The zero-order chi connectivity index (χ0) is 11.7. The molecule has 0 amide bonds. The van der Waals surface area contributed by atoms with Gasteiger partial charge in [0, 0.05) is 33.4 Å². The third kappa shape index (κ3) is 2.67. The Hall–Kier alpha value is 0.100. The van der Waals surface area contributed by atoms with Gasteiger partial charge < -0.3 is 5.73 Å². The first-order valence-electron chi connectivity index (χ1n) is 5.79. The second-order valence-electron chi connectivity index (χ2n) is 4.73. The molecule has 0 saturated carbocycles. The Morgan fingerprint density at radius 1 is 1.62 bits per heavy atom. The van der Waals surface area contributed by atoms with E-state index in [1.807, 2.05) is 11.3 Å². The molecule has 4 heteroatoms. The normalized spacial score (nSPS) is 26.5. The summed E-state index contributed by atoms with van der Waals surface area (Å²) in [5, 5.41) is 0. The maximum Gasteiger partial charge on any atom is 0.0331 e. The van der Waals surface area contributed by atoms with E-state index in [1.165, 1.54) is 20.6 Å². The minimum Gasteiger partial charge on any atom is -0.330 e. The molecule has 1 fully saturated rings. The lowest BCUT2D eigenvalue weighted by molar-refractivity contribution is 0.258. The summed E-state index contributed by atoms with van der Waals surface area (Å²) in [6.45, 7) is 7.54. The van der Waals surface area contributed by atoms with Gasteiger partial charge in [0.1, 0.15) is 0 Å². The van der Waals surface area contributed by atoms with Crippen LogP contribution in [0, 0.1) is 12.8 Å². The van der Waals surface area contributed by atoms with Crippen molar-refractivity contribution in [2.24, 2.45) is 11.7 Å². The Balaban J connectivity index is 1.99. The van der Waals surface area contributed by atoms with E-state index in [1.54, 1.807) is 0 Å². The first kappa shape index (κ1) is 12.6. The Labute approximate surface area is 110 Å². The molecular weight excluding hydrogens is 284 g/mol. The van der Waals surface area contributed by atoms with E-state index in [9.17, 15) is 0 Å². The van der Waals surface area contributed by atoms with Gasteiger partial charge in [-0.1, -0.05) is 0 Å². The van der Waals surface area contributed by atoms with Gasteiger partial charge in [-0.05, 0) is 54.7 Å². The van der Waals surface area contributed by atoms with Crippen LogP contribution in [0.2, 0.25) is 0 Å². The van der Waals surface area contributed by atoms with Crippen LogP contribution in [0.3, 0.4) is 0 Å². The summed E-state index contributed by atoms with van der Waals surface area (Å²) >= 11 is 5.47. The van der Waals surface area contributed by atoms with Gasteiger partial charge >= 0.3 is 0 Å². The molecule has 1 saturated heterocycles. The zero-order valence-corrected chi connectivity index (χ0v) is 12.3. The second-order valence-corrected chi connectivity index (χ2v) is 6.93. The van der Waals surface area contributed by atoms with Crippen LogP contribution in [-0.4, -0.2) is 24.0 Å². The average Bonchev–Trinajstić information content (AvgIpc) is 2.73. The molecule has 1 aliphatic heterocycles. The fourth-order valence-corrected chi connectivity index (χ4v) is 4.03. The van der Waals surface area contributed by atoms with E-state index in [2.05, 4.69) is 40.7 Å². The van der Waals surface area contributed by atoms with E-state index < -0.39 is 0 Å². The van der Waals surface area contributed by atoms with Gasteiger partial charge in [-0.25, -0.2) is 0 Å². The van der Waals surface area contributed by atoms with Crippen LogP contribution in [0.5, 0.6) is 0 Å². The monoisotopic (exact) mass is 302 g/mol. The van der Waals surface area contributed by atoms with E-state index >= 15 is 0 Å². The number of aryl methyl sites for hydroxylation is 1. The number of nitrogens with two attached hydrogens (primary N) is 1. The third-order valence-electron chi connectivity index (χ3n) is 3.39. The first-order chi connectivity index (χ1) is 7.60. The number of likely N-dealkylation sites (tertiary alicyclic amines) is 1. The van der Waals surface area contributed by atoms with Gasteiger partial charge in [-0.15, -0.1) is 11.3 Å². The summed E-state index contributed by atoms with van der Waals surface area (Å²) in [7, 11) is 0. The predicted molar refractivity (Wildman–Crippen MR) is 73.8 cm³/mol. The predicted octanol–water partition coefficient (Wildman–Crippen LogP) is 2.99. The standard InChI is InChI=1S/C12H19BrN2S/c1-8-3-10(5-14)6-15(8)7-11-4-12(13)9(2)16-11/h4,8,10H,3,5-7,14H2,1-2H3. The highest BCUT2D eigenvalue weighted by Gasteiger charge is 2.28. The largest absolute Gasteiger partial charge is 0.330 e. The van der Waals surface area contributed by atoms with Gasteiger partial charge in [-0.3, -0.25) is 4.90 Å². The van der Waals surface area contributed by atoms with Crippen LogP contribution >= 0.6 is 27.3 Å². The number of nitrogens with zero attached hydrogens (tertiary/aromatic N) is 1. The van der Waals surface area contributed by atoms with Crippen LogP contribution in [0.15, 0.2) is 10.5 Å². The number of thiophene rings is 1. The topological polar surface area (TPSA) is 29.3 Å². The van der Waals surface area contributed by atoms with Crippen LogP contribution in [0.1, 0.15) is 23.1 Å². The lowest BCUT2D eigenvalue weighted by Gasteiger charge is -2.19. The minimum atomic E-state index is 0.676. The van der Waals surface area contributed by atoms with Crippen LogP contribution < -0.4 is 5.73 Å². The van der Waals surface area contributed by atoms with Crippen LogP contribution in [0.4, 0.5) is 0 Å². The fourth-order valence-electron chi connectivity index (χ4n) is 2.40. The molecule has 2 heterocycles. The molecule has 1 aromatic heterocycles. The zero-order valence-electron chi connectivity index (χ0n) is 9.87. The van der Waals surface area contributed by atoms with E-state index in [0.717, 1.165) is 19.6 Å². The Morgan fingerprint density at radius 3 is 2.88 bits per heavy atom. The molecule has 2 nitrogen and oxygen atoms in total. The molecule has 0 spiro atoms. The van der Waals surface area contributed by atoms with E-state index in [-0.39, 0.29) is 0 Å². The molecule has 2 rings (SSSR count). The quantitative estimate of drug-likeness (QED) is 0.930. The highest BCUT2D eigenvalue weighted by atomic mass is 79.9. The van der Waals surface area contributed by atoms with Crippen molar-refractivity contribution in [1.29, 1.82) is 0 Å². The number of hydrogen-bond acceptors (Lipinski definition) is 3. The SMILES string of the molecule is Cc1sc(CN2CC(CN)CC2C)cc1Br. The van der Waals surface area contributed by atoms with Gasteiger partial charge in [-0.2, -0.15) is 0 Å².